The predicted octanol–water partition coefficient (Wildman–Crippen LogP) is 3.68. The second kappa shape index (κ2) is 8.61. The summed E-state index contributed by atoms with van der Waals surface area (Å²) in [5.74, 6) is 0.436. The summed E-state index contributed by atoms with van der Waals surface area (Å²) in [5.41, 5.74) is 3.61. The van der Waals surface area contributed by atoms with Gasteiger partial charge in [0.1, 0.15) is 16.2 Å². The molecule has 1 amide bonds. The number of rotatable bonds is 7. The van der Waals surface area contributed by atoms with Crippen LogP contribution in [-0.2, 0) is 24.2 Å². The molecule has 28 heavy (non-hydrogen) atoms. The number of hydrogen-bond acceptors (Lipinski definition) is 6. The maximum absolute atomic E-state index is 12.3. The highest BCUT2D eigenvalue weighted by Gasteiger charge is 2.20. The largest absolute Gasteiger partial charge is 0.355 e. The van der Waals surface area contributed by atoms with Crippen LogP contribution in [-0.4, -0.2) is 38.0 Å². The Kier molecular flexibility index (Phi) is 5.96. The highest BCUT2D eigenvalue weighted by Crippen LogP contribution is 2.39. The van der Waals surface area contributed by atoms with Crippen LogP contribution in [0.15, 0.2) is 17.4 Å². The van der Waals surface area contributed by atoms with E-state index in [2.05, 4.69) is 33.4 Å². The molecule has 1 aliphatic rings. The Labute approximate surface area is 173 Å². The molecule has 0 saturated heterocycles. The number of fused-ring (bicyclic) bond motifs is 3. The van der Waals surface area contributed by atoms with E-state index in [-0.39, 0.29) is 5.91 Å². The molecule has 6 nitrogen and oxygen atoms in total. The molecule has 0 bridgehead atoms. The lowest BCUT2D eigenvalue weighted by molar-refractivity contribution is -0.118. The number of carbonyl (C=O) groups is 1. The Hall–Kier alpha value is -1.93. The average molecular weight is 416 g/mol. The van der Waals surface area contributed by atoms with E-state index in [1.165, 1.54) is 40.4 Å². The minimum absolute atomic E-state index is 0.0502. The molecule has 1 N–H and O–H groups in total. The van der Waals surface area contributed by atoms with E-state index in [1.807, 2.05) is 11.6 Å². The van der Waals surface area contributed by atoms with Crippen molar-refractivity contribution >= 4 is 39.2 Å². The van der Waals surface area contributed by atoms with Gasteiger partial charge in [-0.15, -0.1) is 11.3 Å². The molecular formula is C20H25N5OS2. The summed E-state index contributed by atoms with van der Waals surface area (Å²) in [6.45, 7) is 5.53. The lowest BCUT2D eigenvalue weighted by Crippen LogP contribution is -2.27. The molecule has 3 heterocycles. The van der Waals surface area contributed by atoms with Gasteiger partial charge in [0.2, 0.25) is 5.91 Å². The maximum Gasteiger partial charge on any atom is 0.230 e. The third-order valence-corrected chi connectivity index (χ3v) is 7.22. The standard InChI is InChI=1S/C20H25N5OS2/c1-13-10-14(2)25(24-13)9-5-8-21-17(26)11-27-19-18-15-6-3-4-7-16(15)28-20(18)23-12-22-19/h10,12H,3-9,11H2,1-2H3,(H,21,26). The Morgan fingerprint density at radius 2 is 2.14 bits per heavy atom. The fourth-order valence-corrected chi connectivity index (χ4v) is 5.86. The molecule has 0 saturated carbocycles. The summed E-state index contributed by atoms with van der Waals surface area (Å²) < 4.78 is 1.99. The molecule has 3 aromatic heterocycles. The van der Waals surface area contributed by atoms with Crippen molar-refractivity contribution in [2.75, 3.05) is 12.3 Å². The van der Waals surface area contributed by atoms with Crippen molar-refractivity contribution in [1.29, 1.82) is 0 Å². The zero-order chi connectivity index (χ0) is 19.5. The summed E-state index contributed by atoms with van der Waals surface area (Å²) in [6, 6.07) is 2.07. The zero-order valence-corrected chi connectivity index (χ0v) is 18.0. The van der Waals surface area contributed by atoms with Gasteiger partial charge >= 0.3 is 0 Å². The van der Waals surface area contributed by atoms with Gasteiger partial charge in [0.25, 0.3) is 0 Å². The third kappa shape index (κ3) is 4.22. The van der Waals surface area contributed by atoms with Gasteiger partial charge in [0, 0.05) is 29.0 Å². The van der Waals surface area contributed by atoms with Crippen molar-refractivity contribution in [3.8, 4) is 0 Å². The van der Waals surface area contributed by atoms with E-state index in [0.29, 0.717) is 12.3 Å². The predicted molar refractivity (Wildman–Crippen MR) is 114 cm³/mol. The first-order chi connectivity index (χ1) is 13.6. The lowest BCUT2D eigenvalue weighted by Gasteiger charge is -2.11. The van der Waals surface area contributed by atoms with Crippen LogP contribution in [0.3, 0.4) is 0 Å². The molecule has 1 aliphatic carbocycles. The lowest BCUT2D eigenvalue weighted by atomic mass is 9.97. The molecule has 0 unspecified atom stereocenters. The van der Waals surface area contributed by atoms with Crippen LogP contribution in [0.25, 0.3) is 10.2 Å². The molecule has 0 spiro atoms. The van der Waals surface area contributed by atoms with E-state index in [1.54, 1.807) is 17.7 Å². The number of thioether (sulfide) groups is 1. The number of aryl methyl sites for hydroxylation is 5. The monoisotopic (exact) mass is 415 g/mol. The second-order valence-corrected chi connectivity index (χ2v) is 9.26. The number of hydrogen-bond donors (Lipinski definition) is 1. The van der Waals surface area contributed by atoms with Gasteiger partial charge in [-0.05, 0) is 57.6 Å². The summed E-state index contributed by atoms with van der Waals surface area (Å²) in [6.07, 6.45) is 7.24. The highest BCUT2D eigenvalue weighted by molar-refractivity contribution is 8.00. The van der Waals surface area contributed by atoms with Crippen LogP contribution in [0, 0.1) is 13.8 Å². The van der Waals surface area contributed by atoms with Crippen LogP contribution in [0.5, 0.6) is 0 Å². The van der Waals surface area contributed by atoms with Gasteiger partial charge in [0.05, 0.1) is 11.4 Å². The first kappa shape index (κ1) is 19.4. The Morgan fingerprint density at radius 3 is 2.96 bits per heavy atom. The molecule has 4 rings (SSSR count). The van der Waals surface area contributed by atoms with Gasteiger partial charge in [0.15, 0.2) is 0 Å². The average Bonchev–Trinajstić information content (AvgIpc) is 3.22. The molecule has 3 aromatic rings. The molecule has 148 valence electrons. The Morgan fingerprint density at radius 1 is 1.29 bits per heavy atom. The molecule has 0 atom stereocenters. The fourth-order valence-electron chi connectivity index (χ4n) is 3.71. The van der Waals surface area contributed by atoms with E-state index in [0.717, 1.165) is 47.1 Å². The van der Waals surface area contributed by atoms with Crippen molar-refractivity contribution in [3.05, 3.63) is 34.2 Å². The van der Waals surface area contributed by atoms with Gasteiger partial charge in [-0.1, -0.05) is 11.8 Å². The van der Waals surface area contributed by atoms with E-state index >= 15 is 0 Å². The molecule has 0 radical (unpaired) electrons. The van der Waals surface area contributed by atoms with Crippen LogP contribution in [0.4, 0.5) is 0 Å². The van der Waals surface area contributed by atoms with Crippen molar-refractivity contribution < 1.29 is 4.79 Å². The van der Waals surface area contributed by atoms with Crippen LogP contribution in [0.1, 0.15) is 41.1 Å². The first-order valence-electron chi connectivity index (χ1n) is 9.77. The minimum atomic E-state index is 0.0502. The Bertz CT molecular complexity index is 994. The molecule has 8 heteroatoms. The quantitative estimate of drug-likeness (QED) is 0.362. The molecule has 0 aromatic carbocycles. The topological polar surface area (TPSA) is 72.7 Å². The van der Waals surface area contributed by atoms with Gasteiger partial charge in [-0.3, -0.25) is 9.48 Å². The molecule has 0 fully saturated rings. The smallest absolute Gasteiger partial charge is 0.230 e. The number of aromatic nitrogens is 4. The number of nitrogens with one attached hydrogen (secondary N) is 1. The van der Waals surface area contributed by atoms with Crippen molar-refractivity contribution in [1.82, 2.24) is 25.1 Å². The number of amides is 1. The minimum Gasteiger partial charge on any atom is -0.355 e. The number of carbonyl (C=O) groups excluding carboxylic acids is 1. The summed E-state index contributed by atoms with van der Waals surface area (Å²) in [7, 11) is 0. The normalized spacial score (nSPS) is 13.6. The van der Waals surface area contributed by atoms with E-state index < -0.39 is 0 Å². The maximum atomic E-state index is 12.3. The Balaban J connectivity index is 1.30. The van der Waals surface area contributed by atoms with Crippen LogP contribution < -0.4 is 5.32 Å². The first-order valence-corrected chi connectivity index (χ1v) is 11.6. The van der Waals surface area contributed by atoms with E-state index in [4.69, 9.17) is 0 Å². The summed E-state index contributed by atoms with van der Waals surface area (Å²) in [5, 5.41) is 9.59. The summed E-state index contributed by atoms with van der Waals surface area (Å²) in [4.78, 5) is 23.7. The highest BCUT2D eigenvalue weighted by atomic mass is 32.2. The van der Waals surface area contributed by atoms with Crippen molar-refractivity contribution in [2.24, 2.45) is 0 Å². The van der Waals surface area contributed by atoms with Crippen molar-refractivity contribution in [2.45, 2.75) is 57.5 Å². The number of thiophene rings is 1. The third-order valence-electron chi connectivity index (χ3n) is 5.03. The van der Waals surface area contributed by atoms with Gasteiger partial charge in [-0.25, -0.2) is 9.97 Å². The van der Waals surface area contributed by atoms with Crippen LogP contribution in [0.2, 0.25) is 0 Å². The van der Waals surface area contributed by atoms with E-state index in [9.17, 15) is 4.79 Å². The van der Waals surface area contributed by atoms with Gasteiger partial charge in [-0.2, -0.15) is 5.10 Å². The SMILES string of the molecule is Cc1cc(C)n(CCCNC(=O)CSc2ncnc3sc4c(c23)CCCC4)n1. The molecular weight excluding hydrogens is 390 g/mol. The second-order valence-electron chi connectivity index (χ2n) is 7.21. The zero-order valence-electron chi connectivity index (χ0n) is 16.3. The number of nitrogens with zero attached hydrogens (tertiary/aromatic N) is 4. The van der Waals surface area contributed by atoms with Crippen LogP contribution >= 0.6 is 23.1 Å². The van der Waals surface area contributed by atoms with Gasteiger partial charge < -0.3 is 5.32 Å². The summed E-state index contributed by atoms with van der Waals surface area (Å²) >= 11 is 3.31. The molecule has 0 aliphatic heterocycles. The van der Waals surface area contributed by atoms with Crippen molar-refractivity contribution in [3.63, 3.8) is 0 Å². The fraction of sp³-hybridized carbons (Fsp3) is 0.500.